The van der Waals surface area contributed by atoms with Crippen LogP contribution in [0.5, 0.6) is 5.75 Å². The van der Waals surface area contributed by atoms with Crippen LogP contribution in [-0.2, 0) is 11.3 Å². The van der Waals surface area contributed by atoms with Crippen molar-refractivity contribution in [2.75, 3.05) is 20.2 Å². The summed E-state index contributed by atoms with van der Waals surface area (Å²) in [6.45, 7) is 2.10. The van der Waals surface area contributed by atoms with Crippen LogP contribution in [0, 0.1) is 5.92 Å². The number of hydrogen-bond donors (Lipinski definition) is 1. The molecule has 3 rings (SSSR count). The quantitative estimate of drug-likeness (QED) is 0.797. The molecule has 2 saturated carbocycles. The molecule has 2 aliphatic rings. The third-order valence-electron chi connectivity index (χ3n) is 4.25. The Bertz CT molecular complexity index is 495. The van der Waals surface area contributed by atoms with Gasteiger partial charge in [0.2, 0.25) is 5.91 Å². The van der Waals surface area contributed by atoms with Crippen molar-refractivity contribution in [1.82, 2.24) is 10.2 Å². The Morgan fingerprint density at radius 1 is 1.29 bits per heavy atom. The van der Waals surface area contributed by atoms with E-state index >= 15 is 0 Å². The van der Waals surface area contributed by atoms with E-state index in [-0.39, 0.29) is 5.91 Å². The molecule has 0 saturated heterocycles. The molecule has 2 aliphatic carbocycles. The van der Waals surface area contributed by atoms with Crippen molar-refractivity contribution >= 4 is 5.91 Å². The number of carbonyl (C=O) groups is 1. The van der Waals surface area contributed by atoms with Crippen molar-refractivity contribution in [3.8, 4) is 5.75 Å². The maximum atomic E-state index is 12.5. The zero-order valence-electron chi connectivity index (χ0n) is 12.7. The van der Waals surface area contributed by atoms with Crippen molar-refractivity contribution in [2.24, 2.45) is 5.92 Å². The van der Waals surface area contributed by atoms with Gasteiger partial charge in [-0.25, -0.2) is 0 Å². The smallest absolute Gasteiger partial charge is 0.237 e. The Morgan fingerprint density at radius 2 is 2.05 bits per heavy atom. The molecular formula is C17H24N2O2. The largest absolute Gasteiger partial charge is 0.496 e. The van der Waals surface area contributed by atoms with Crippen molar-refractivity contribution in [1.29, 1.82) is 0 Å². The van der Waals surface area contributed by atoms with Crippen LogP contribution in [0.4, 0.5) is 0 Å². The van der Waals surface area contributed by atoms with Crippen LogP contribution >= 0.6 is 0 Å². The Morgan fingerprint density at radius 3 is 2.71 bits per heavy atom. The molecule has 0 aliphatic heterocycles. The van der Waals surface area contributed by atoms with E-state index in [1.54, 1.807) is 7.11 Å². The summed E-state index contributed by atoms with van der Waals surface area (Å²) in [4.78, 5) is 14.5. The van der Waals surface area contributed by atoms with Crippen molar-refractivity contribution in [3.63, 3.8) is 0 Å². The standard InChI is InChI=1S/C17H24N2O2/c1-21-16-5-3-2-4-14(16)12-19(15-8-9-15)17(20)11-18-10-13-6-7-13/h2-5,13,15,18H,6-12H2,1H3. The van der Waals surface area contributed by atoms with Gasteiger partial charge in [0.25, 0.3) is 0 Å². The first kappa shape index (κ1) is 14.4. The minimum Gasteiger partial charge on any atom is -0.496 e. The molecule has 0 bridgehead atoms. The van der Waals surface area contributed by atoms with Crippen molar-refractivity contribution in [2.45, 2.75) is 38.3 Å². The highest BCUT2D eigenvalue weighted by Crippen LogP contribution is 2.30. The summed E-state index contributed by atoms with van der Waals surface area (Å²) in [5.74, 6) is 1.88. The predicted octanol–water partition coefficient (Wildman–Crippen LogP) is 2.19. The monoisotopic (exact) mass is 288 g/mol. The van der Waals surface area contributed by atoms with Gasteiger partial charge < -0.3 is 15.0 Å². The molecule has 0 spiro atoms. The molecule has 0 atom stereocenters. The normalized spacial score (nSPS) is 17.6. The highest BCUT2D eigenvalue weighted by Gasteiger charge is 2.33. The number of para-hydroxylation sites is 1. The molecule has 2 fully saturated rings. The Labute approximate surface area is 126 Å². The van der Waals surface area contributed by atoms with Crippen LogP contribution in [0.15, 0.2) is 24.3 Å². The topological polar surface area (TPSA) is 41.6 Å². The number of carbonyl (C=O) groups excluding carboxylic acids is 1. The molecule has 4 heteroatoms. The summed E-state index contributed by atoms with van der Waals surface area (Å²) in [5.41, 5.74) is 1.09. The lowest BCUT2D eigenvalue weighted by atomic mass is 10.2. The average Bonchev–Trinajstić information content (AvgIpc) is 3.38. The second kappa shape index (κ2) is 6.48. The van der Waals surface area contributed by atoms with Crippen LogP contribution < -0.4 is 10.1 Å². The number of rotatable bonds is 8. The molecule has 1 amide bonds. The second-order valence-electron chi connectivity index (χ2n) is 6.14. The van der Waals surface area contributed by atoms with E-state index in [4.69, 9.17) is 4.74 Å². The van der Waals surface area contributed by atoms with E-state index in [1.807, 2.05) is 29.2 Å². The maximum Gasteiger partial charge on any atom is 0.237 e. The van der Waals surface area contributed by atoms with E-state index in [9.17, 15) is 4.79 Å². The minimum atomic E-state index is 0.212. The average molecular weight is 288 g/mol. The Kier molecular flexibility index (Phi) is 4.44. The van der Waals surface area contributed by atoms with Crippen molar-refractivity contribution < 1.29 is 9.53 Å². The second-order valence-corrected chi connectivity index (χ2v) is 6.14. The summed E-state index contributed by atoms with van der Waals surface area (Å²) >= 11 is 0. The number of hydrogen-bond acceptors (Lipinski definition) is 3. The fraction of sp³-hybridized carbons (Fsp3) is 0.588. The van der Waals surface area contributed by atoms with Gasteiger partial charge in [0.15, 0.2) is 0 Å². The van der Waals surface area contributed by atoms with E-state index in [0.717, 1.165) is 36.6 Å². The van der Waals surface area contributed by atoms with Gasteiger partial charge in [-0.3, -0.25) is 4.79 Å². The summed E-state index contributed by atoms with van der Waals surface area (Å²) in [7, 11) is 1.68. The zero-order chi connectivity index (χ0) is 14.7. The molecule has 0 heterocycles. The zero-order valence-corrected chi connectivity index (χ0v) is 12.7. The molecular weight excluding hydrogens is 264 g/mol. The van der Waals surface area contributed by atoms with E-state index in [2.05, 4.69) is 5.32 Å². The van der Waals surface area contributed by atoms with Crippen molar-refractivity contribution in [3.05, 3.63) is 29.8 Å². The number of amides is 1. The fourth-order valence-corrected chi connectivity index (χ4v) is 2.63. The highest BCUT2D eigenvalue weighted by atomic mass is 16.5. The number of benzene rings is 1. The lowest BCUT2D eigenvalue weighted by molar-refractivity contribution is -0.131. The highest BCUT2D eigenvalue weighted by molar-refractivity contribution is 5.79. The molecule has 114 valence electrons. The molecule has 1 aromatic rings. The van der Waals surface area contributed by atoms with Gasteiger partial charge in [0.05, 0.1) is 13.7 Å². The molecule has 4 nitrogen and oxygen atoms in total. The number of nitrogens with zero attached hydrogens (tertiary/aromatic N) is 1. The SMILES string of the molecule is COc1ccccc1CN(C(=O)CNCC1CC1)C1CC1. The van der Waals surface area contributed by atoms with Gasteiger partial charge in [-0.05, 0) is 44.2 Å². The van der Waals surface area contributed by atoms with Gasteiger partial charge in [-0.1, -0.05) is 18.2 Å². The molecule has 1 N–H and O–H groups in total. The third kappa shape index (κ3) is 3.97. The minimum absolute atomic E-state index is 0.212. The van der Waals surface area contributed by atoms with E-state index in [1.165, 1.54) is 12.8 Å². The van der Waals surface area contributed by atoms with Gasteiger partial charge in [-0.15, -0.1) is 0 Å². The summed E-state index contributed by atoms with van der Waals surface area (Å²) in [5, 5.41) is 3.30. The van der Waals surface area contributed by atoms with Crippen LogP contribution in [0.2, 0.25) is 0 Å². The molecule has 21 heavy (non-hydrogen) atoms. The fourth-order valence-electron chi connectivity index (χ4n) is 2.63. The van der Waals surface area contributed by atoms with Gasteiger partial charge >= 0.3 is 0 Å². The lowest BCUT2D eigenvalue weighted by Gasteiger charge is -2.24. The van der Waals surface area contributed by atoms with E-state index in [0.29, 0.717) is 19.1 Å². The van der Waals surface area contributed by atoms with E-state index < -0.39 is 0 Å². The number of ether oxygens (including phenoxy) is 1. The van der Waals surface area contributed by atoms with Gasteiger partial charge in [-0.2, -0.15) is 0 Å². The van der Waals surface area contributed by atoms with Crippen LogP contribution in [0.3, 0.4) is 0 Å². The summed E-state index contributed by atoms with van der Waals surface area (Å²) < 4.78 is 5.39. The first-order valence-electron chi connectivity index (χ1n) is 7.90. The third-order valence-corrected chi connectivity index (χ3v) is 4.25. The molecule has 0 unspecified atom stereocenters. The maximum absolute atomic E-state index is 12.5. The lowest BCUT2D eigenvalue weighted by Crippen LogP contribution is -2.39. The Balaban J connectivity index is 1.59. The van der Waals surface area contributed by atoms with Gasteiger partial charge in [0, 0.05) is 18.2 Å². The number of methoxy groups -OCH3 is 1. The van der Waals surface area contributed by atoms with Gasteiger partial charge in [0.1, 0.15) is 5.75 Å². The van der Waals surface area contributed by atoms with Crippen LogP contribution in [0.25, 0.3) is 0 Å². The molecule has 0 radical (unpaired) electrons. The first-order chi connectivity index (χ1) is 10.3. The molecule has 0 aromatic heterocycles. The van der Waals surface area contributed by atoms with Crippen LogP contribution in [0.1, 0.15) is 31.2 Å². The number of nitrogens with one attached hydrogen (secondary N) is 1. The summed E-state index contributed by atoms with van der Waals surface area (Å²) in [6, 6.07) is 8.38. The Hall–Kier alpha value is -1.55. The molecule has 1 aromatic carbocycles. The van der Waals surface area contributed by atoms with Crippen LogP contribution in [-0.4, -0.2) is 37.0 Å². The first-order valence-corrected chi connectivity index (χ1v) is 7.90. The summed E-state index contributed by atoms with van der Waals surface area (Å²) in [6.07, 6.45) is 4.89. The predicted molar refractivity (Wildman–Crippen MR) is 82.2 cm³/mol.